The number of rotatable bonds is 2. The van der Waals surface area contributed by atoms with Gasteiger partial charge in [0.15, 0.2) is 0 Å². The Bertz CT molecular complexity index is 562. The van der Waals surface area contributed by atoms with Crippen LogP contribution < -0.4 is 10.2 Å². The lowest BCUT2D eigenvalue weighted by Gasteiger charge is -2.33. The molecular formula is C15H19N3O2. The van der Waals surface area contributed by atoms with E-state index >= 15 is 0 Å². The van der Waals surface area contributed by atoms with Gasteiger partial charge in [0.2, 0.25) is 0 Å². The molecule has 0 spiro atoms. The van der Waals surface area contributed by atoms with Crippen LogP contribution in [-0.2, 0) is 0 Å². The van der Waals surface area contributed by atoms with E-state index in [1.165, 1.54) is 11.9 Å². The molecule has 3 rings (SSSR count). The van der Waals surface area contributed by atoms with Gasteiger partial charge in [0.25, 0.3) is 11.8 Å². The molecule has 2 heterocycles. The van der Waals surface area contributed by atoms with Crippen LogP contribution in [0.15, 0.2) is 18.2 Å². The second-order valence-corrected chi connectivity index (χ2v) is 5.45. The third-order valence-corrected chi connectivity index (χ3v) is 4.34. The first kappa shape index (κ1) is 13.1. The van der Waals surface area contributed by atoms with Crippen molar-refractivity contribution in [1.82, 2.24) is 10.2 Å². The molecule has 0 saturated carbocycles. The Morgan fingerprint density at radius 1 is 1.10 bits per heavy atom. The number of fused-ring (bicyclic) bond motifs is 1. The Hall–Kier alpha value is -1.88. The molecule has 2 aliphatic heterocycles. The van der Waals surface area contributed by atoms with Crippen LogP contribution in [0.1, 0.15) is 33.6 Å². The van der Waals surface area contributed by atoms with Gasteiger partial charge in [0.05, 0.1) is 11.1 Å². The van der Waals surface area contributed by atoms with Crippen molar-refractivity contribution >= 4 is 17.5 Å². The Morgan fingerprint density at radius 3 is 2.40 bits per heavy atom. The number of hydrogen-bond donors (Lipinski definition) is 1. The van der Waals surface area contributed by atoms with Crippen LogP contribution in [0, 0.1) is 0 Å². The number of nitrogens with one attached hydrogen (secondary N) is 1. The summed E-state index contributed by atoms with van der Waals surface area (Å²) in [5.41, 5.74) is 2.09. The molecule has 1 aromatic carbocycles. The topological polar surface area (TPSA) is 52.7 Å². The fourth-order valence-electron chi connectivity index (χ4n) is 2.97. The lowest BCUT2D eigenvalue weighted by Crippen LogP contribution is -2.41. The molecule has 1 fully saturated rings. The van der Waals surface area contributed by atoms with E-state index < -0.39 is 0 Å². The molecule has 106 valence electrons. The summed E-state index contributed by atoms with van der Waals surface area (Å²) in [5.74, 6) is -0.401. The molecule has 5 heteroatoms. The maximum atomic E-state index is 12.0. The number of hydrogen-bond acceptors (Lipinski definition) is 4. The highest BCUT2D eigenvalue weighted by Gasteiger charge is 2.33. The fraction of sp³-hybridized carbons (Fsp3) is 0.467. The van der Waals surface area contributed by atoms with Gasteiger partial charge in [-0.05, 0) is 38.1 Å². The van der Waals surface area contributed by atoms with Crippen molar-refractivity contribution in [2.45, 2.75) is 18.9 Å². The van der Waals surface area contributed by atoms with Gasteiger partial charge in [-0.2, -0.15) is 0 Å². The van der Waals surface area contributed by atoms with E-state index in [1.54, 1.807) is 6.07 Å². The van der Waals surface area contributed by atoms with E-state index in [0.29, 0.717) is 17.2 Å². The van der Waals surface area contributed by atoms with E-state index in [-0.39, 0.29) is 11.8 Å². The summed E-state index contributed by atoms with van der Waals surface area (Å²) in [6, 6.07) is 6.16. The number of piperidine rings is 1. The van der Waals surface area contributed by atoms with Crippen molar-refractivity contribution < 1.29 is 9.59 Å². The number of amides is 2. The molecule has 0 atom stereocenters. The van der Waals surface area contributed by atoms with Crippen molar-refractivity contribution in [3.63, 3.8) is 0 Å². The molecule has 20 heavy (non-hydrogen) atoms. The average Bonchev–Trinajstić information content (AvgIpc) is 2.72. The van der Waals surface area contributed by atoms with Crippen LogP contribution >= 0.6 is 0 Å². The summed E-state index contributed by atoms with van der Waals surface area (Å²) in [6.07, 6.45) is 2.20. The van der Waals surface area contributed by atoms with Crippen LogP contribution in [0.5, 0.6) is 0 Å². The SMILES string of the molecule is CNC1CCN(c2ccc3c(c2)C(=O)N(C)C3=O)CC1. The maximum Gasteiger partial charge on any atom is 0.261 e. The van der Waals surface area contributed by atoms with Crippen LogP contribution in [0.25, 0.3) is 0 Å². The summed E-state index contributed by atoms with van der Waals surface area (Å²) >= 11 is 0. The van der Waals surface area contributed by atoms with Crippen molar-refractivity contribution in [3.05, 3.63) is 29.3 Å². The minimum absolute atomic E-state index is 0.197. The first-order valence-corrected chi connectivity index (χ1v) is 7.00. The molecular weight excluding hydrogens is 254 g/mol. The van der Waals surface area contributed by atoms with Crippen LogP contribution in [0.2, 0.25) is 0 Å². The summed E-state index contributed by atoms with van der Waals surface area (Å²) in [4.78, 5) is 27.3. The number of anilines is 1. The van der Waals surface area contributed by atoms with Crippen LogP contribution in [0.3, 0.4) is 0 Å². The molecule has 1 saturated heterocycles. The quantitative estimate of drug-likeness (QED) is 0.820. The van der Waals surface area contributed by atoms with E-state index in [1.807, 2.05) is 19.2 Å². The Labute approximate surface area is 118 Å². The van der Waals surface area contributed by atoms with Crippen molar-refractivity contribution in [2.24, 2.45) is 0 Å². The Kier molecular flexibility index (Phi) is 3.22. The van der Waals surface area contributed by atoms with E-state index in [4.69, 9.17) is 0 Å². The smallest absolute Gasteiger partial charge is 0.261 e. The molecule has 0 radical (unpaired) electrons. The van der Waals surface area contributed by atoms with Gasteiger partial charge < -0.3 is 10.2 Å². The van der Waals surface area contributed by atoms with E-state index in [9.17, 15) is 9.59 Å². The predicted octanol–water partition coefficient (Wildman–Crippen LogP) is 1.10. The largest absolute Gasteiger partial charge is 0.371 e. The zero-order valence-electron chi connectivity index (χ0n) is 11.8. The average molecular weight is 273 g/mol. The number of carbonyl (C=O) groups is 2. The number of carbonyl (C=O) groups excluding carboxylic acids is 2. The highest BCUT2D eigenvalue weighted by Crippen LogP contribution is 2.28. The second kappa shape index (κ2) is 4.90. The summed E-state index contributed by atoms with van der Waals surface area (Å²) in [5, 5.41) is 3.30. The van der Waals surface area contributed by atoms with Crippen molar-refractivity contribution in [2.75, 3.05) is 32.1 Å². The molecule has 2 amide bonds. The van der Waals surface area contributed by atoms with Gasteiger partial charge in [0, 0.05) is 31.9 Å². The summed E-state index contributed by atoms with van der Waals surface area (Å²) < 4.78 is 0. The lowest BCUT2D eigenvalue weighted by molar-refractivity contribution is 0.0693. The lowest BCUT2D eigenvalue weighted by atomic mass is 10.0. The zero-order valence-corrected chi connectivity index (χ0v) is 11.8. The zero-order chi connectivity index (χ0) is 14.3. The third kappa shape index (κ3) is 1.98. The highest BCUT2D eigenvalue weighted by molar-refractivity contribution is 6.21. The monoisotopic (exact) mass is 273 g/mol. The first-order chi connectivity index (χ1) is 9.61. The van der Waals surface area contributed by atoms with Crippen LogP contribution in [-0.4, -0.2) is 49.9 Å². The third-order valence-electron chi connectivity index (χ3n) is 4.34. The Morgan fingerprint density at radius 2 is 1.75 bits per heavy atom. The Balaban J connectivity index is 1.84. The minimum atomic E-state index is -0.203. The van der Waals surface area contributed by atoms with Gasteiger partial charge in [-0.15, -0.1) is 0 Å². The van der Waals surface area contributed by atoms with Crippen molar-refractivity contribution in [3.8, 4) is 0 Å². The maximum absolute atomic E-state index is 12.0. The molecule has 0 aliphatic carbocycles. The minimum Gasteiger partial charge on any atom is -0.371 e. The summed E-state index contributed by atoms with van der Waals surface area (Å²) in [6.45, 7) is 1.95. The molecule has 0 unspecified atom stereocenters. The van der Waals surface area contributed by atoms with Gasteiger partial charge in [-0.25, -0.2) is 0 Å². The second-order valence-electron chi connectivity index (χ2n) is 5.45. The molecule has 1 N–H and O–H groups in total. The van der Waals surface area contributed by atoms with Gasteiger partial charge >= 0.3 is 0 Å². The number of imide groups is 1. The van der Waals surface area contributed by atoms with E-state index in [0.717, 1.165) is 31.6 Å². The normalized spacial score (nSPS) is 19.7. The molecule has 0 aromatic heterocycles. The van der Waals surface area contributed by atoms with Crippen LogP contribution in [0.4, 0.5) is 5.69 Å². The standard InChI is InChI=1S/C15H19N3O2/c1-16-10-5-7-18(8-6-10)11-3-4-12-13(9-11)15(20)17(2)14(12)19/h3-4,9-10,16H,5-8H2,1-2H3. The van der Waals surface area contributed by atoms with Gasteiger partial charge in [0.1, 0.15) is 0 Å². The fourth-order valence-corrected chi connectivity index (χ4v) is 2.97. The molecule has 1 aromatic rings. The van der Waals surface area contributed by atoms with Gasteiger partial charge in [-0.1, -0.05) is 0 Å². The molecule has 5 nitrogen and oxygen atoms in total. The molecule has 2 aliphatic rings. The first-order valence-electron chi connectivity index (χ1n) is 7.00. The highest BCUT2D eigenvalue weighted by atomic mass is 16.2. The predicted molar refractivity (Wildman–Crippen MR) is 77.2 cm³/mol. The summed E-state index contributed by atoms with van der Waals surface area (Å²) in [7, 11) is 3.53. The number of nitrogens with zero attached hydrogens (tertiary/aromatic N) is 2. The molecule has 0 bridgehead atoms. The van der Waals surface area contributed by atoms with Gasteiger partial charge in [-0.3, -0.25) is 14.5 Å². The number of benzene rings is 1. The van der Waals surface area contributed by atoms with Crippen molar-refractivity contribution in [1.29, 1.82) is 0 Å². The van der Waals surface area contributed by atoms with E-state index in [2.05, 4.69) is 10.2 Å².